The number of anilines is 1. The molecule has 1 saturated heterocycles. The molecule has 1 aliphatic rings. The Bertz CT molecular complexity index is 1120. The van der Waals surface area contributed by atoms with Crippen LogP contribution >= 0.6 is 22.7 Å². The van der Waals surface area contributed by atoms with Crippen LogP contribution in [-0.2, 0) is 0 Å². The van der Waals surface area contributed by atoms with Gasteiger partial charge in [-0.25, -0.2) is 9.97 Å². The van der Waals surface area contributed by atoms with Crippen molar-refractivity contribution in [3.8, 4) is 27.4 Å². The first-order valence-electron chi connectivity index (χ1n) is 9.79. The van der Waals surface area contributed by atoms with E-state index in [0.717, 1.165) is 50.3 Å². The minimum absolute atomic E-state index is 0.144. The zero-order valence-electron chi connectivity index (χ0n) is 16.4. The van der Waals surface area contributed by atoms with E-state index in [9.17, 15) is 10.2 Å². The number of nitrogens with zero attached hydrogens (tertiary/aromatic N) is 4. The molecule has 0 radical (unpaired) electrons. The predicted octanol–water partition coefficient (Wildman–Crippen LogP) is 3.06. The summed E-state index contributed by atoms with van der Waals surface area (Å²) in [5, 5.41) is 31.8. The summed E-state index contributed by atoms with van der Waals surface area (Å²) in [6.07, 6.45) is 5.44. The number of fused-ring (bicyclic) bond motifs is 1. The van der Waals surface area contributed by atoms with Crippen LogP contribution < -0.4 is 10.2 Å². The van der Waals surface area contributed by atoms with Crippen molar-refractivity contribution in [2.75, 3.05) is 25.1 Å². The van der Waals surface area contributed by atoms with Crippen LogP contribution in [0.15, 0.2) is 30.6 Å². The Balaban J connectivity index is 1.38. The first-order valence-corrected chi connectivity index (χ1v) is 11.4. The quantitative estimate of drug-likeness (QED) is 0.376. The molecule has 0 spiro atoms. The minimum atomic E-state index is 0.144. The zero-order valence-corrected chi connectivity index (χ0v) is 18.0. The summed E-state index contributed by atoms with van der Waals surface area (Å²) < 4.78 is 0. The maximum absolute atomic E-state index is 10.6. The van der Waals surface area contributed by atoms with Gasteiger partial charge in [-0.1, -0.05) is 28.7 Å². The lowest BCUT2D eigenvalue weighted by Gasteiger charge is -2.35. The molecular formula is C20H22N6O2S2. The van der Waals surface area contributed by atoms with E-state index < -0.39 is 0 Å². The smallest absolute Gasteiger partial charge is 0.188 e. The fourth-order valence-electron chi connectivity index (χ4n) is 3.83. The molecule has 2 unspecified atom stereocenters. The van der Waals surface area contributed by atoms with Gasteiger partial charge in [-0.3, -0.25) is 5.10 Å². The Labute approximate surface area is 181 Å². The second kappa shape index (κ2) is 7.95. The average Bonchev–Trinajstić information content (AvgIpc) is 3.49. The lowest BCUT2D eigenvalue weighted by Crippen LogP contribution is -2.48. The number of aromatic nitrogens is 4. The Morgan fingerprint density at radius 1 is 1.20 bits per heavy atom. The summed E-state index contributed by atoms with van der Waals surface area (Å²) >= 11 is 3.06. The van der Waals surface area contributed by atoms with E-state index in [1.165, 1.54) is 11.3 Å². The van der Waals surface area contributed by atoms with Crippen LogP contribution in [0.5, 0.6) is 5.75 Å². The molecule has 4 N–H and O–H groups in total. The van der Waals surface area contributed by atoms with E-state index in [1.807, 2.05) is 12.1 Å². The van der Waals surface area contributed by atoms with Crippen LogP contribution in [0.1, 0.15) is 12.8 Å². The number of H-pyrrole nitrogens is 1. The van der Waals surface area contributed by atoms with Gasteiger partial charge < -0.3 is 20.4 Å². The van der Waals surface area contributed by atoms with Crippen LogP contribution in [-0.4, -0.2) is 62.7 Å². The molecule has 4 aromatic rings. The van der Waals surface area contributed by atoms with Crippen molar-refractivity contribution in [2.24, 2.45) is 0 Å². The molecule has 1 aromatic carbocycles. The second-order valence-electron chi connectivity index (χ2n) is 7.47. The minimum Gasteiger partial charge on any atom is -0.507 e. The summed E-state index contributed by atoms with van der Waals surface area (Å²) in [4.78, 5) is 13.5. The van der Waals surface area contributed by atoms with Gasteiger partial charge in [0.25, 0.3) is 0 Å². The third-order valence-corrected chi connectivity index (χ3v) is 7.71. The van der Waals surface area contributed by atoms with Crippen molar-refractivity contribution in [1.82, 2.24) is 25.5 Å². The lowest BCUT2D eigenvalue weighted by molar-refractivity contribution is 0.209. The van der Waals surface area contributed by atoms with Gasteiger partial charge in [0.1, 0.15) is 10.8 Å². The summed E-state index contributed by atoms with van der Waals surface area (Å²) in [5.41, 5.74) is 2.53. The first-order chi connectivity index (χ1) is 14.6. The van der Waals surface area contributed by atoms with Gasteiger partial charge in [0, 0.05) is 30.9 Å². The third kappa shape index (κ3) is 3.56. The number of nitrogens with one attached hydrogen (secondary N) is 2. The number of aliphatic hydroxyl groups excluding tert-OH is 1. The standard InChI is InChI=1S/C20H22N6O2S2/c1-26(14-4-5-21-13(7-14)10-27)20-25-19-18(30-20)24-17(29-19)15-3-2-11(6-16(15)28)12-8-22-23-9-12/h2-3,6,8-9,13-14,21,27-28H,4-5,7,10H2,1H3,(H,22,23). The maximum Gasteiger partial charge on any atom is 0.188 e. The van der Waals surface area contributed by atoms with Gasteiger partial charge in [-0.15, -0.1) is 0 Å². The van der Waals surface area contributed by atoms with E-state index in [-0.39, 0.29) is 18.4 Å². The highest BCUT2D eigenvalue weighted by atomic mass is 32.1. The maximum atomic E-state index is 10.6. The van der Waals surface area contributed by atoms with Gasteiger partial charge in [0.2, 0.25) is 0 Å². The number of benzene rings is 1. The number of piperidine rings is 1. The van der Waals surface area contributed by atoms with Gasteiger partial charge in [-0.05, 0) is 37.1 Å². The van der Waals surface area contributed by atoms with Crippen LogP contribution in [0.2, 0.25) is 0 Å². The van der Waals surface area contributed by atoms with Crippen molar-refractivity contribution in [1.29, 1.82) is 0 Å². The fraction of sp³-hybridized carbons (Fsp3) is 0.350. The lowest BCUT2D eigenvalue weighted by atomic mass is 9.99. The highest BCUT2D eigenvalue weighted by Gasteiger charge is 2.26. The van der Waals surface area contributed by atoms with E-state index in [2.05, 4.69) is 27.5 Å². The molecule has 0 saturated carbocycles. The zero-order chi connectivity index (χ0) is 20.7. The topological polar surface area (TPSA) is 110 Å². The van der Waals surface area contributed by atoms with Crippen LogP contribution in [0.4, 0.5) is 5.13 Å². The summed E-state index contributed by atoms with van der Waals surface area (Å²) in [6, 6.07) is 6.07. The SMILES string of the molecule is CN(c1nc2sc(-c3ccc(-c4cn[nH]c4)cc3O)nc2s1)C1CCNC(CO)C1. The number of rotatable bonds is 5. The van der Waals surface area contributed by atoms with Crippen molar-refractivity contribution in [3.05, 3.63) is 30.6 Å². The second-order valence-corrected chi connectivity index (χ2v) is 9.40. The Morgan fingerprint density at radius 2 is 2.07 bits per heavy atom. The van der Waals surface area contributed by atoms with Crippen LogP contribution in [0.25, 0.3) is 31.4 Å². The van der Waals surface area contributed by atoms with Gasteiger partial charge >= 0.3 is 0 Å². The number of hydrogen-bond donors (Lipinski definition) is 4. The molecule has 1 fully saturated rings. The fourth-order valence-corrected chi connectivity index (χ4v) is 5.94. The molecular weight excluding hydrogens is 420 g/mol. The number of aromatic amines is 1. The molecule has 5 rings (SSSR count). The van der Waals surface area contributed by atoms with Crippen LogP contribution in [0, 0.1) is 0 Å². The van der Waals surface area contributed by atoms with E-state index in [4.69, 9.17) is 9.97 Å². The number of thiazole rings is 2. The number of phenols is 1. The predicted molar refractivity (Wildman–Crippen MR) is 120 cm³/mol. The number of aromatic hydroxyl groups is 1. The van der Waals surface area contributed by atoms with Crippen LogP contribution in [0.3, 0.4) is 0 Å². The largest absolute Gasteiger partial charge is 0.507 e. The number of phenolic OH excluding ortho intramolecular Hbond substituents is 1. The van der Waals surface area contributed by atoms with Gasteiger partial charge in [-0.2, -0.15) is 5.10 Å². The molecule has 0 amide bonds. The van der Waals surface area contributed by atoms with Crippen molar-refractivity contribution >= 4 is 37.5 Å². The molecule has 0 bridgehead atoms. The van der Waals surface area contributed by atoms with E-state index in [1.54, 1.807) is 29.8 Å². The summed E-state index contributed by atoms with van der Waals surface area (Å²) in [5.74, 6) is 0.192. The normalized spacial score (nSPS) is 19.4. The molecule has 10 heteroatoms. The highest BCUT2D eigenvalue weighted by molar-refractivity contribution is 7.29. The molecule has 3 aromatic heterocycles. The van der Waals surface area contributed by atoms with E-state index >= 15 is 0 Å². The molecule has 0 aliphatic carbocycles. The first kappa shape index (κ1) is 19.4. The Kier molecular flexibility index (Phi) is 5.15. The highest BCUT2D eigenvalue weighted by Crippen LogP contribution is 2.40. The molecule has 156 valence electrons. The van der Waals surface area contributed by atoms with Gasteiger partial charge in [0.15, 0.2) is 14.8 Å². The number of hydrogen-bond acceptors (Lipinski definition) is 9. The van der Waals surface area contributed by atoms with E-state index in [0.29, 0.717) is 11.6 Å². The monoisotopic (exact) mass is 442 g/mol. The summed E-state index contributed by atoms with van der Waals surface area (Å²) in [7, 11) is 2.06. The van der Waals surface area contributed by atoms with Gasteiger partial charge in [0.05, 0.1) is 18.4 Å². The molecule has 4 heterocycles. The molecule has 8 nitrogen and oxygen atoms in total. The third-order valence-electron chi connectivity index (χ3n) is 5.56. The molecule has 30 heavy (non-hydrogen) atoms. The molecule has 2 atom stereocenters. The van der Waals surface area contributed by atoms with Crippen molar-refractivity contribution in [2.45, 2.75) is 24.9 Å². The Hall–Kier alpha value is -2.53. The summed E-state index contributed by atoms with van der Waals surface area (Å²) in [6.45, 7) is 1.06. The van der Waals surface area contributed by atoms with Crippen molar-refractivity contribution in [3.63, 3.8) is 0 Å². The van der Waals surface area contributed by atoms with Crippen molar-refractivity contribution < 1.29 is 10.2 Å². The Morgan fingerprint density at radius 3 is 2.80 bits per heavy atom. The number of aliphatic hydroxyl groups is 1. The molecule has 1 aliphatic heterocycles. The average molecular weight is 443 g/mol.